The lowest BCUT2D eigenvalue weighted by molar-refractivity contribution is 0.0946. The topological polar surface area (TPSA) is 64.0 Å². The Hall–Kier alpha value is -3.21. The summed E-state index contributed by atoms with van der Waals surface area (Å²) in [5.74, 6) is -0.279. The molecule has 0 bridgehead atoms. The van der Waals surface area contributed by atoms with Gasteiger partial charge in [-0.2, -0.15) is 5.10 Å². The summed E-state index contributed by atoms with van der Waals surface area (Å²) in [4.78, 5) is 24.3. The molecule has 0 unspecified atom stereocenters. The van der Waals surface area contributed by atoms with E-state index in [2.05, 4.69) is 10.4 Å². The second-order valence-electron chi connectivity index (χ2n) is 6.19. The van der Waals surface area contributed by atoms with E-state index in [9.17, 15) is 9.59 Å². The van der Waals surface area contributed by atoms with Crippen LogP contribution < -0.4 is 10.9 Å². The molecule has 3 aromatic rings. The fraction of sp³-hybridized carbons (Fsp3) is 0.190. The summed E-state index contributed by atoms with van der Waals surface area (Å²) in [5, 5.41) is 7.06. The minimum absolute atomic E-state index is 0.230. The summed E-state index contributed by atoms with van der Waals surface area (Å²) in [5.41, 5.74) is 3.29. The smallest absolute Gasteiger partial charge is 0.271 e. The van der Waals surface area contributed by atoms with Crippen molar-refractivity contribution in [3.8, 4) is 0 Å². The second kappa shape index (κ2) is 8.25. The number of amides is 1. The lowest BCUT2D eigenvalue weighted by Crippen LogP contribution is -2.31. The molecular formula is C21H21N3O2. The molecule has 26 heavy (non-hydrogen) atoms. The van der Waals surface area contributed by atoms with Crippen LogP contribution in [0, 0.1) is 6.92 Å². The largest absolute Gasteiger partial charge is 0.350 e. The highest BCUT2D eigenvalue weighted by Crippen LogP contribution is 2.04. The van der Waals surface area contributed by atoms with E-state index in [-0.39, 0.29) is 17.2 Å². The van der Waals surface area contributed by atoms with Gasteiger partial charge in [-0.1, -0.05) is 60.2 Å². The molecule has 5 heteroatoms. The van der Waals surface area contributed by atoms with Gasteiger partial charge in [0.1, 0.15) is 5.69 Å². The fourth-order valence-electron chi connectivity index (χ4n) is 2.61. The maximum atomic E-state index is 12.3. The Kier molecular flexibility index (Phi) is 5.59. The molecule has 0 aliphatic rings. The van der Waals surface area contributed by atoms with Crippen LogP contribution >= 0.6 is 0 Å². The van der Waals surface area contributed by atoms with Crippen molar-refractivity contribution in [3.05, 3.63) is 99.5 Å². The first-order chi connectivity index (χ1) is 12.6. The molecule has 0 saturated heterocycles. The van der Waals surface area contributed by atoms with Crippen molar-refractivity contribution in [1.82, 2.24) is 15.1 Å². The van der Waals surface area contributed by atoms with Crippen LogP contribution in [-0.4, -0.2) is 22.2 Å². The number of hydrogen-bond donors (Lipinski definition) is 1. The number of nitrogens with zero attached hydrogens (tertiary/aromatic N) is 2. The minimum atomic E-state index is -0.279. The standard InChI is InChI=1S/C21H21N3O2/c1-16-7-9-18(10-8-16)15-24-20(25)12-11-19(23-24)21(26)22-14-13-17-5-3-2-4-6-17/h2-12H,13-15H2,1H3,(H,22,26). The molecule has 0 atom stereocenters. The Labute approximate surface area is 152 Å². The van der Waals surface area contributed by atoms with Crippen LogP contribution in [0.4, 0.5) is 0 Å². The molecule has 1 amide bonds. The highest BCUT2D eigenvalue weighted by Gasteiger charge is 2.09. The van der Waals surface area contributed by atoms with Gasteiger partial charge >= 0.3 is 0 Å². The van der Waals surface area contributed by atoms with Crippen LogP contribution in [0.2, 0.25) is 0 Å². The van der Waals surface area contributed by atoms with Crippen LogP contribution in [-0.2, 0) is 13.0 Å². The van der Waals surface area contributed by atoms with Crippen LogP contribution in [0.25, 0.3) is 0 Å². The molecule has 1 heterocycles. The molecule has 0 saturated carbocycles. The lowest BCUT2D eigenvalue weighted by atomic mass is 10.1. The van der Waals surface area contributed by atoms with Gasteiger partial charge in [0, 0.05) is 12.6 Å². The summed E-state index contributed by atoms with van der Waals surface area (Å²) in [7, 11) is 0. The van der Waals surface area contributed by atoms with Crippen molar-refractivity contribution in [3.63, 3.8) is 0 Å². The highest BCUT2D eigenvalue weighted by molar-refractivity contribution is 5.91. The SMILES string of the molecule is Cc1ccc(Cn2nc(C(=O)NCCc3ccccc3)ccc2=O)cc1. The van der Waals surface area contributed by atoms with Crippen molar-refractivity contribution >= 4 is 5.91 Å². The monoisotopic (exact) mass is 347 g/mol. The molecule has 3 rings (SSSR count). The van der Waals surface area contributed by atoms with E-state index in [1.165, 1.54) is 16.8 Å². The van der Waals surface area contributed by atoms with Crippen LogP contribution in [0.3, 0.4) is 0 Å². The lowest BCUT2D eigenvalue weighted by Gasteiger charge is -2.08. The number of carbonyl (C=O) groups is 1. The summed E-state index contributed by atoms with van der Waals surface area (Å²) < 4.78 is 1.32. The number of rotatable bonds is 6. The second-order valence-corrected chi connectivity index (χ2v) is 6.19. The van der Waals surface area contributed by atoms with Crippen molar-refractivity contribution in [2.75, 3.05) is 6.54 Å². The van der Waals surface area contributed by atoms with Crippen molar-refractivity contribution < 1.29 is 4.79 Å². The Morgan fingerprint density at radius 3 is 2.42 bits per heavy atom. The van der Waals surface area contributed by atoms with Gasteiger partial charge in [0.15, 0.2) is 0 Å². The minimum Gasteiger partial charge on any atom is -0.350 e. The Bertz CT molecular complexity index is 931. The van der Waals surface area contributed by atoms with Gasteiger partial charge in [-0.25, -0.2) is 4.68 Å². The summed E-state index contributed by atoms with van der Waals surface area (Å²) in [6.07, 6.45) is 0.746. The Morgan fingerprint density at radius 2 is 1.69 bits per heavy atom. The maximum absolute atomic E-state index is 12.3. The third-order valence-electron chi connectivity index (χ3n) is 4.09. The molecule has 0 spiro atoms. The van der Waals surface area contributed by atoms with Crippen molar-refractivity contribution in [1.29, 1.82) is 0 Å². The first-order valence-electron chi connectivity index (χ1n) is 8.58. The van der Waals surface area contributed by atoms with Crippen LogP contribution in [0.1, 0.15) is 27.2 Å². The van der Waals surface area contributed by atoms with E-state index in [1.54, 1.807) is 0 Å². The van der Waals surface area contributed by atoms with E-state index in [1.807, 2.05) is 61.5 Å². The van der Waals surface area contributed by atoms with E-state index in [0.717, 1.165) is 23.1 Å². The van der Waals surface area contributed by atoms with Gasteiger partial charge in [-0.05, 0) is 30.5 Å². The molecule has 1 aromatic heterocycles. The van der Waals surface area contributed by atoms with Gasteiger partial charge < -0.3 is 5.32 Å². The molecule has 5 nitrogen and oxygen atoms in total. The van der Waals surface area contributed by atoms with E-state index < -0.39 is 0 Å². The zero-order valence-electron chi connectivity index (χ0n) is 14.7. The first kappa shape index (κ1) is 17.6. The van der Waals surface area contributed by atoms with Gasteiger partial charge in [0.2, 0.25) is 0 Å². The van der Waals surface area contributed by atoms with Gasteiger partial charge in [-0.15, -0.1) is 0 Å². The number of nitrogens with one attached hydrogen (secondary N) is 1. The van der Waals surface area contributed by atoms with Crippen LogP contribution in [0.15, 0.2) is 71.5 Å². The number of aromatic nitrogens is 2. The Balaban J connectivity index is 1.65. The normalized spacial score (nSPS) is 10.5. The number of aryl methyl sites for hydroxylation is 1. The number of hydrogen-bond acceptors (Lipinski definition) is 3. The van der Waals surface area contributed by atoms with Gasteiger partial charge in [0.25, 0.3) is 11.5 Å². The quantitative estimate of drug-likeness (QED) is 0.745. The predicted octanol–water partition coefficient (Wildman–Crippen LogP) is 2.57. The van der Waals surface area contributed by atoms with E-state index in [0.29, 0.717) is 13.1 Å². The summed E-state index contributed by atoms with van der Waals surface area (Å²) in [6, 6.07) is 20.7. The highest BCUT2D eigenvalue weighted by atomic mass is 16.2. The Morgan fingerprint density at radius 1 is 0.962 bits per heavy atom. The maximum Gasteiger partial charge on any atom is 0.271 e. The molecule has 0 radical (unpaired) electrons. The van der Waals surface area contributed by atoms with Crippen molar-refractivity contribution in [2.24, 2.45) is 0 Å². The zero-order chi connectivity index (χ0) is 18.4. The average molecular weight is 347 g/mol. The fourth-order valence-corrected chi connectivity index (χ4v) is 2.61. The molecule has 0 fully saturated rings. The first-order valence-corrected chi connectivity index (χ1v) is 8.58. The van der Waals surface area contributed by atoms with Crippen LogP contribution in [0.5, 0.6) is 0 Å². The number of carbonyl (C=O) groups excluding carboxylic acids is 1. The average Bonchev–Trinajstić information content (AvgIpc) is 2.66. The van der Waals surface area contributed by atoms with Gasteiger partial charge in [0.05, 0.1) is 6.54 Å². The molecular weight excluding hydrogens is 326 g/mol. The molecule has 2 aromatic carbocycles. The van der Waals surface area contributed by atoms with E-state index in [4.69, 9.17) is 0 Å². The molecule has 1 N–H and O–H groups in total. The summed E-state index contributed by atoms with van der Waals surface area (Å²) in [6.45, 7) is 2.86. The predicted molar refractivity (Wildman–Crippen MR) is 101 cm³/mol. The van der Waals surface area contributed by atoms with E-state index >= 15 is 0 Å². The molecule has 0 aliphatic carbocycles. The summed E-state index contributed by atoms with van der Waals surface area (Å²) >= 11 is 0. The third kappa shape index (κ3) is 4.66. The third-order valence-corrected chi connectivity index (χ3v) is 4.09. The molecule has 132 valence electrons. The van der Waals surface area contributed by atoms with Crippen molar-refractivity contribution in [2.45, 2.75) is 19.9 Å². The number of benzene rings is 2. The zero-order valence-corrected chi connectivity index (χ0v) is 14.7. The van der Waals surface area contributed by atoms with Gasteiger partial charge in [-0.3, -0.25) is 9.59 Å². The molecule has 0 aliphatic heterocycles.